The molecule has 0 aromatic rings. The molecule has 4 nitrogen and oxygen atoms in total. The quantitative estimate of drug-likeness (QED) is 0.541. The van der Waals surface area contributed by atoms with Gasteiger partial charge in [0.05, 0.1) is 5.75 Å². The summed E-state index contributed by atoms with van der Waals surface area (Å²) in [6.45, 7) is 2.36. The summed E-state index contributed by atoms with van der Waals surface area (Å²) in [6.07, 6.45) is 5.20. The zero-order chi connectivity index (χ0) is 12.2. The normalized spacial score (nSPS) is 14.7. The third-order valence-corrected chi connectivity index (χ3v) is 3.75. The monoisotopic (exact) mass is 246 g/mol. The molecular weight excluding hydrogens is 235 g/mol. The van der Waals surface area contributed by atoms with Crippen molar-refractivity contribution in [2.75, 3.05) is 12.4 Å². The maximum Gasteiger partial charge on any atom is 0.366 e. The first-order valence-corrected chi connectivity index (χ1v) is 6.19. The third-order valence-electron chi connectivity index (χ3n) is 1.94. The Morgan fingerprint density at radius 3 is 2.75 bits per heavy atom. The Morgan fingerprint density at radius 1 is 1.56 bits per heavy atom. The molecule has 0 atom stereocenters. The summed E-state index contributed by atoms with van der Waals surface area (Å²) in [7, 11) is -3.41. The van der Waals surface area contributed by atoms with Crippen LogP contribution < -0.4 is 0 Å². The molecule has 1 aliphatic carbocycles. The molecule has 0 aliphatic heterocycles. The van der Waals surface area contributed by atoms with E-state index in [0.29, 0.717) is 6.42 Å². The minimum atomic E-state index is -3.41. The van der Waals surface area contributed by atoms with E-state index in [1.807, 2.05) is 0 Å². The average molecular weight is 246 g/mol. The minimum absolute atomic E-state index is 0.280. The molecule has 16 heavy (non-hydrogen) atoms. The van der Waals surface area contributed by atoms with Crippen LogP contribution in [0.2, 0.25) is 0 Å². The average Bonchev–Trinajstić information content (AvgIpc) is 2.70. The summed E-state index contributed by atoms with van der Waals surface area (Å²) in [6, 6.07) is 0. The smallest absolute Gasteiger partial charge is 0.366 e. The fourth-order valence-electron chi connectivity index (χ4n) is 1.11. The van der Waals surface area contributed by atoms with E-state index >= 15 is 0 Å². The van der Waals surface area contributed by atoms with Crippen LogP contribution in [0, 0.1) is 0 Å². The predicted molar refractivity (Wildman–Crippen MR) is 56.8 cm³/mol. The Balaban J connectivity index is 2.44. The van der Waals surface area contributed by atoms with E-state index in [4.69, 9.17) is 0 Å². The van der Waals surface area contributed by atoms with Gasteiger partial charge >= 0.3 is 5.97 Å². The van der Waals surface area contributed by atoms with Gasteiger partial charge in [-0.15, -0.1) is 0 Å². The molecule has 0 unspecified atom stereocenters. The number of hydrogen-bond donors (Lipinski definition) is 0. The van der Waals surface area contributed by atoms with Gasteiger partial charge in [-0.1, -0.05) is 18.7 Å². The Bertz CT molecular complexity index is 459. The second-order valence-corrected chi connectivity index (χ2v) is 5.29. The highest BCUT2D eigenvalue weighted by Crippen LogP contribution is 2.17. The molecule has 6 heteroatoms. The molecule has 0 spiro atoms. The summed E-state index contributed by atoms with van der Waals surface area (Å²) in [5.74, 6) is -2.81. The Morgan fingerprint density at radius 2 is 2.25 bits per heavy atom. The Kier molecular flexibility index (Phi) is 4.00. The zero-order valence-corrected chi connectivity index (χ0v) is 9.30. The van der Waals surface area contributed by atoms with Gasteiger partial charge in [0.25, 0.3) is 0 Å². The van der Waals surface area contributed by atoms with Crippen molar-refractivity contribution in [2.45, 2.75) is 6.42 Å². The standard InChI is InChI=1S/C10H11FO4S/c1-8(11)10(12)15-6-7-16(13,14)9-4-2-3-5-9/h2-4H,1,5-7H2. The van der Waals surface area contributed by atoms with Gasteiger partial charge in [0.1, 0.15) is 6.61 Å². The van der Waals surface area contributed by atoms with E-state index in [1.165, 1.54) is 6.08 Å². The van der Waals surface area contributed by atoms with Crippen molar-refractivity contribution in [2.24, 2.45) is 0 Å². The SMILES string of the molecule is C=C(F)C(=O)OCCS(=O)(=O)C1=CC=CC1. The first kappa shape index (κ1) is 12.6. The highest BCUT2D eigenvalue weighted by Gasteiger charge is 2.19. The van der Waals surface area contributed by atoms with Gasteiger partial charge < -0.3 is 4.74 Å². The fraction of sp³-hybridized carbons (Fsp3) is 0.300. The maximum atomic E-state index is 12.2. The van der Waals surface area contributed by atoms with Crippen molar-refractivity contribution in [3.05, 3.63) is 35.5 Å². The van der Waals surface area contributed by atoms with Crippen molar-refractivity contribution in [1.82, 2.24) is 0 Å². The van der Waals surface area contributed by atoms with Crippen molar-refractivity contribution >= 4 is 15.8 Å². The summed E-state index contributed by atoms with van der Waals surface area (Å²) in [5.41, 5.74) is 0. The van der Waals surface area contributed by atoms with Crippen LogP contribution in [0.1, 0.15) is 6.42 Å². The molecular formula is C10H11FO4S. The molecule has 0 saturated carbocycles. The molecule has 0 bridgehead atoms. The van der Waals surface area contributed by atoms with E-state index in [9.17, 15) is 17.6 Å². The highest BCUT2D eigenvalue weighted by molar-refractivity contribution is 7.95. The lowest BCUT2D eigenvalue weighted by molar-refractivity contribution is -0.140. The van der Waals surface area contributed by atoms with Crippen molar-refractivity contribution in [3.63, 3.8) is 0 Å². The topological polar surface area (TPSA) is 60.4 Å². The molecule has 0 aromatic carbocycles. The van der Waals surface area contributed by atoms with E-state index in [-0.39, 0.29) is 17.3 Å². The lowest BCUT2D eigenvalue weighted by Gasteiger charge is -2.05. The summed E-state index contributed by atoms with van der Waals surface area (Å²) < 4.78 is 39.7. The van der Waals surface area contributed by atoms with Gasteiger partial charge in [-0.05, 0) is 6.08 Å². The second-order valence-electron chi connectivity index (χ2n) is 3.12. The fourth-order valence-corrected chi connectivity index (χ4v) is 2.31. The van der Waals surface area contributed by atoms with Crippen molar-refractivity contribution in [3.8, 4) is 0 Å². The number of esters is 1. The van der Waals surface area contributed by atoms with E-state index in [0.717, 1.165) is 0 Å². The summed E-state index contributed by atoms with van der Waals surface area (Å²) in [5, 5.41) is 0. The molecule has 0 N–H and O–H groups in total. The third kappa shape index (κ3) is 3.30. The van der Waals surface area contributed by atoms with E-state index < -0.39 is 21.6 Å². The van der Waals surface area contributed by atoms with Crippen LogP contribution >= 0.6 is 0 Å². The van der Waals surface area contributed by atoms with Crippen LogP contribution in [0.5, 0.6) is 0 Å². The lowest BCUT2D eigenvalue weighted by Crippen LogP contribution is -2.16. The Labute approximate surface area is 93.0 Å². The zero-order valence-electron chi connectivity index (χ0n) is 8.48. The molecule has 0 heterocycles. The number of carbonyl (C=O) groups excluding carboxylic acids is 1. The van der Waals surface area contributed by atoms with Crippen LogP contribution in [0.15, 0.2) is 35.5 Å². The van der Waals surface area contributed by atoms with Gasteiger partial charge in [0.2, 0.25) is 5.83 Å². The van der Waals surface area contributed by atoms with Crippen LogP contribution in [-0.2, 0) is 19.4 Å². The van der Waals surface area contributed by atoms with Gasteiger partial charge in [-0.3, -0.25) is 0 Å². The predicted octanol–water partition coefficient (Wildman–Crippen LogP) is 1.27. The highest BCUT2D eigenvalue weighted by atomic mass is 32.2. The summed E-state index contributed by atoms with van der Waals surface area (Å²) >= 11 is 0. The number of halogens is 1. The molecule has 0 fully saturated rings. The van der Waals surface area contributed by atoms with Crippen molar-refractivity contribution in [1.29, 1.82) is 0 Å². The van der Waals surface area contributed by atoms with Gasteiger partial charge in [-0.25, -0.2) is 13.2 Å². The first-order chi connectivity index (χ1) is 7.43. The number of allylic oxidation sites excluding steroid dienone is 4. The maximum absolute atomic E-state index is 12.2. The number of sulfone groups is 1. The molecule has 0 radical (unpaired) electrons. The number of ether oxygens (including phenoxy) is 1. The van der Waals surface area contributed by atoms with Crippen LogP contribution in [-0.4, -0.2) is 26.7 Å². The molecule has 0 aromatic heterocycles. The number of hydrogen-bond acceptors (Lipinski definition) is 4. The van der Waals surface area contributed by atoms with E-state index in [1.54, 1.807) is 12.2 Å². The van der Waals surface area contributed by atoms with Gasteiger partial charge in [0.15, 0.2) is 9.84 Å². The van der Waals surface area contributed by atoms with Crippen LogP contribution in [0.25, 0.3) is 0 Å². The largest absolute Gasteiger partial charge is 0.459 e. The lowest BCUT2D eigenvalue weighted by atomic mass is 10.5. The molecule has 1 aliphatic rings. The van der Waals surface area contributed by atoms with Crippen LogP contribution in [0.3, 0.4) is 0 Å². The molecule has 0 amide bonds. The molecule has 88 valence electrons. The van der Waals surface area contributed by atoms with Gasteiger partial charge in [0, 0.05) is 11.3 Å². The second kappa shape index (κ2) is 5.07. The van der Waals surface area contributed by atoms with Gasteiger partial charge in [-0.2, -0.15) is 4.39 Å². The summed E-state index contributed by atoms with van der Waals surface area (Å²) in [4.78, 5) is 10.9. The van der Waals surface area contributed by atoms with E-state index in [2.05, 4.69) is 11.3 Å². The van der Waals surface area contributed by atoms with Crippen molar-refractivity contribution < 1.29 is 22.3 Å². The first-order valence-electron chi connectivity index (χ1n) is 4.53. The van der Waals surface area contributed by atoms with Crippen LogP contribution in [0.4, 0.5) is 4.39 Å². The number of rotatable bonds is 5. The minimum Gasteiger partial charge on any atom is -0.459 e. The molecule has 0 saturated heterocycles. The Hall–Kier alpha value is -1.43. The number of carbonyl (C=O) groups is 1. The molecule has 1 rings (SSSR count).